The van der Waals surface area contributed by atoms with Crippen molar-refractivity contribution in [2.75, 3.05) is 19.5 Å². The van der Waals surface area contributed by atoms with Gasteiger partial charge < -0.3 is 9.47 Å². The summed E-state index contributed by atoms with van der Waals surface area (Å²) in [7, 11) is 3.38. The van der Waals surface area contributed by atoms with Crippen molar-refractivity contribution in [1.29, 1.82) is 0 Å². The second-order valence-electron chi connectivity index (χ2n) is 4.57. The average molecular weight is 386 g/mol. The normalized spacial score (nSPS) is 13.0. The maximum Gasteiger partial charge on any atom is 0.232 e. The van der Waals surface area contributed by atoms with Gasteiger partial charge in [-0.3, -0.25) is 0 Å². The highest BCUT2D eigenvalue weighted by atomic mass is 79.9. The van der Waals surface area contributed by atoms with E-state index in [1.807, 2.05) is 25.1 Å². The zero-order chi connectivity index (χ0) is 15.2. The molecule has 1 aromatic carbocycles. The van der Waals surface area contributed by atoms with E-state index in [0.717, 1.165) is 22.4 Å². The molecule has 0 heterocycles. The van der Waals surface area contributed by atoms with Crippen molar-refractivity contribution >= 4 is 35.7 Å². The lowest BCUT2D eigenvalue weighted by Crippen LogP contribution is -2.08. The Bertz CT molecular complexity index is 533. The topological polar surface area (TPSA) is 52.6 Å². The Hall–Kier alpha value is -0.460. The summed E-state index contributed by atoms with van der Waals surface area (Å²) < 4.78 is 33.3. The minimum absolute atomic E-state index is 0.00194. The largest absolute Gasteiger partial charge is 0.497 e. The number of rotatable bonds is 8. The van der Waals surface area contributed by atoms with Gasteiger partial charge in [-0.15, -0.1) is 0 Å². The van der Waals surface area contributed by atoms with Crippen molar-refractivity contribution in [3.8, 4) is 11.5 Å². The predicted octanol–water partition coefficient (Wildman–Crippen LogP) is 3.82. The molecule has 20 heavy (non-hydrogen) atoms. The maximum absolute atomic E-state index is 10.9. The van der Waals surface area contributed by atoms with Gasteiger partial charge in [0, 0.05) is 10.7 Å². The Balaban J connectivity index is 2.37. The number of methoxy groups -OCH3 is 1. The predicted molar refractivity (Wildman–Crippen MR) is 84.2 cm³/mol. The Morgan fingerprint density at radius 2 is 2.05 bits per heavy atom. The second kappa shape index (κ2) is 8.10. The van der Waals surface area contributed by atoms with E-state index in [1.165, 1.54) is 0 Å². The van der Waals surface area contributed by atoms with Crippen molar-refractivity contribution < 1.29 is 17.9 Å². The highest BCUT2D eigenvalue weighted by molar-refractivity contribution is 9.10. The van der Waals surface area contributed by atoms with Gasteiger partial charge in [0.1, 0.15) is 11.5 Å². The molecule has 0 aromatic heterocycles. The molecule has 7 heteroatoms. The molecule has 0 aliphatic carbocycles. The standard InChI is InChI=1S/C13H18BrClO4S/c1-10(6-8-20(15,16)17)5-7-19-13-4-3-11(18-2)9-12(13)14/h3-4,9-10H,5-8H2,1-2H3. The SMILES string of the molecule is COc1ccc(OCCC(C)CCS(=O)(=O)Cl)c(Br)c1. The first kappa shape index (κ1) is 17.6. The van der Waals surface area contributed by atoms with Crippen LogP contribution in [0.2, 0.25) is 0 Å². The lowest BCUT2D eigenvalue weighted by atomic mass is 10.1. The summed E-state index contributed by atoms with van der Waals surface area (Å²) in [5.41, 5.74) is 0. The monoisotopic (exact) mass is 384 g/mol. The van der Waals surface area contributed by atoms with Gasteiger partial charge in [0.25, 0.3) is 0 Å². The minimum atomic E-state index is -3.40. The Kier molecular flexibility index (Phi) is 7.12. The average Bonchev–Trinajstić information content (AvgIpc) is 2.37. The first-order valence-electron chi connectivity index (χ1n) is 6.20. The lowest BCUT2D eigenvalue weighted by Gasteiger charge is -2.13. The molecule has 114 valence electrons. The summed E-state index contributed by atoms with van der Waals surface area (Å²) in [6.07, 6.45) is 1.31. The van der Waals surface area contributed by atoms with E-state index in [0.29, 0.717) is 13.0 Å². The summed E-state index contributed by atoms with van der Waals surface area (Å²) in [5, 5.41) is 0. The van der Waals surface area contributed by atoms with Crippen LogP contribution in [0, 0.1) is 5.92 Å². The highest BCUT2D eigenvalue weighted by Gasteiger charge is 2.10. The fraction of sp³-hybridized carbons (Fsp3) is 0.538. The quantitative estimate of drug-likeness (QED) is 0.638. The summed E-state index contributed by atoms with van der Waals surface area (Å²) in [6.45, 7) is 2.50. The van der Waals surface area contributed by atoms with Gasteiger partial charge in [0.15, 0.2) is 0 Å². The maximum atomic E-state index is 10.9. The molecule has 0 aliphatic heterocycles. The molecular formula is C13H18BrClO4S. The molecule has 0 aliphatic rings. The molecule has 0 radical (unpaired) electrons. The zero-order valence-corrected chi connectivity index (χ0v) is 14.6. The molecule has 0 amide bonds. The van der Waals surface area contributed by atoms with Crippen LogP contribution in [-0.4, -0.2) is 27.9 Å². The zero-order valence-electron chi connectivity index (χ0n) is 11.4. The number of benzene rings is 1. The first-order chi connectivity index (χ1) is 9.31. The Morgan fingerprint density at radius 1 is 1.35 bits per heavy atom. The van der Waals surface area contributed by atoms with Crippen LogP contribution in [-0.2, 0) is 9.05 Å². The number of hydrogen-bond acceptors (Lipinski definition) is 4. The van der Waals surface area contributed by atoms with Gasteiger partial charge in [-0.2, -0.15) is 0 Å². The molecule has 0 saturated heterocycles. The van der Waals surface area contributed by atoms with Crippen LogP contribution in [0.25, 0.3) is 0 Å². The number of ether oxygens (including phenoxy) is 2. The van der Waals surface area contributed by atoms with Crippen LogP contribution >= 0.6 is 26.6 Å². The van der Waals surface area contributed by atoms with Crippen LogP contribution in [0.4, 0.5) is 0 Å². The van der Waals surface area contributed by atoms with Crippen molar-refractivity contribution in [3.63, 3.8) is 0 Å². The van der Waals surface area contributed by atoms with Gasteiger partial charge in [0.05, 0.1) is 23.9 Å². The van der Waals surface area contributed by atoms with Crippen LogP contribution in [0.1, 0.15) is 19.8 Å². The molecule has 1 atom stereocenters. The van der Waals surface area contributed by atoms with E-state index >= 15 is 0 Å². The van der Waals surface area contributed by atoms with Gasteiger partial charge >= 0.3 is 0 Å². The van der Waals surface area contributed by atoms with E-state index in [2.05, 4.69) is 15.9 Å². The molecule has 1 rings (SSSR count). The molecule has 0 bridgehead atoms. The molecule has 1 unspecified atom stereocenters. The van der Waals surface area contributed by atoms with E-state index in [1.54, 1.807) is 7.11 Å². The molecular weight excluding hydrogens is 368 g/mol. The second-order valence-corrected chi connectivity index (χ2v) is 8.32. The fourth-order valence-electron chi connectivity index (χ4n) is 1.58. The Morgan fingerprint density at radius 3 is 2.60 bits per heavy atom. The van der Waals surface area contributed by atoms with Gasteiger partial charge in [-0.1, -0.05) is 6.92 Å². The third-order valence-corrected chi connectivity index (χ3v) is 4.67. The lowest BCUT2D eigenvalue weighted by molar-refractivity contribution is 0.280. The third-order valence-electron chi connectivity index (χ3n) is 2.86. The third kappa shape index (κ3) is 6.81. The van der Waals surface area contributed by atoms with Gasteiger partial charge in [0.2, 0.25) is 9.05 Å². The fourth-order valence-corrected chi connectivity index (χ4v) is 3.01. The van der Waals surface area contributed by atoms with Crippen LogP contribution < -0.4 is 9.47 Å². The van der Waals surface area contributed by atoms with E-state index in [9.17, 15) is 8.42 Å². The van der Waals surface area contributed by atoms with E-state index < -0.39 is 9.05 Å². The van der Waals surface area contributed by atoms with Crippen LogP contribution in [0.5, 0.6) is 11.5 Å². The Labute approximate surface area is 133 Å². The van der Waals surface area contributed by atoms with Crippen LogP contribution in [0.3, 0.4) is 0 Å². The molecule has 0 spiro atoms. The van der Waals surface area contributed by atoms with Crippen molar-refractivity contribution in [3.05, 3.63) is 22.7 Å². The highest BCUT2D eigenvalue weighted by Crippen LogP contribution is 2.29. The number of hydrogen-bond donors (Lipinski definition) is 0. The molecule has 0 saturated carbocycles. The summed E-state index contributed by atoms with van der Waals surface area (Å²) >= 11 is 3.41. The van der Waals surface area contributed by atoms with Crippen LogP contribution in [0.15, 0.2) is 22.7 Å². The van der Waals surface area contributed by atoms with Crippen molar-refractivity contribution in [2.24, 2.45) is 5.92 Å². The minimum Gasteiger partial charge on any atom is -0.497 e. The van der Waals surface area contributed by atoms with Gasteiger partial charge in [-0.25, -0.2) is 8.42 Å². The van der Waals surface area contributed by atoms with Crippen molar-refractivity contribution in [1.82, 2.24) is 0 Å². The first-order valence-corrected chi connectivity index (χ1v) is 9.47. The summed E-state index contributed by atoms with van der Waals surface area (Å²) in [4.78, 5) is 0. The van der Waals surface area contributed by atoms with Crippen molar-refractivity contribution in [2.45, 2.75) is 19.8 Å². The molecule has 1 aromatic rings. The molecule has 0 fully saturated rings. The summed E-state index contributed by atoms with van der Waals surface area (Å²) in [6, 6.07) is 5.49. The van der Waals surface area contributed by atoms with E-state index in [-0.39, 0.29) is 11.7 Å². The molecule has 0 N–H and O–H groups in total. The van der Waals surface area contributed by atoms with E-state index in [4.69, 9.17) is 20.2 Å². The van der Waals surface area contributed by atoms with Gasteiger partial charge in [-0.05, 0) is 52.9 Å². The smallest absolute Gasteiger partial charge is 0.232 e. The number of halogens is 2. The molecule has 4 nitrogen and oxygen atoms in total. The summed E-state index contributed by atoms with van der Waals surface area (Å²) in [5.74, 6) is 1.73.